The molecule has 4 heterocycles. The van der Waals surface area contributed by atoms with Crippen LogP contribution in [0.1, 0.15) is 143 Å². The quantitative estimate of drug-likeness (QED) is 0.123. The third kappa shape index (κ3) is 9.20. The van der Waals surface area contributed by atoms with Crippen molar-refractivity contribution in [2.45, 2.75) is 167 Å². The van der Waals surface area contributed by atoms with E-state index < -0.39 is 5.92 Å². The number of carbonyl (C=O) groups excluding carboxylic acids is 3. The second-order valence-corrected chi connectivity index (χ2v) is 17.4. The van der Waals surface area contributed by atoms with Crippen molar-refractivity contribution in [3.05, 3.63) is 80.2 Å². The van der Waals surface area contributed by atoms with Gasteiger partial charge in [0.25, 0.3) is 0 Å². The second kappa shape index (κ2) is 19.8. The first kappa shape index (κ1) is 47.7. The average molecular weight is 846 g/mol. The molecule has 4 aromatic rings. The first-order chi connectivity index (χ1) is 29.4. The highest BCUT2D eigenvalue weighted by Crippen LogP contribution is 2.43. The van der Waals surface area contributed by atoms with E-state index in [1.807, 2.05) is 32.6 Å². The van der Waals surface area contributed by atoms with Crippen LogP contribution in [-0.2, 0) is 20.8 Å². The van der Waals surface area contributed by atoms with Gasteiger partial charge in [-0.1, -0.05) is 63.1 Å². The summed E-state index contributed by atoms with van der Waals surface area (Å²) in [6, 6.07) is 8.83. The Kier molecular flexibility index (Phi) is 15.2. The van der Waals surface area contributed by atoms with E-state index in [1.165, 1.54) is 22.3 Å². The van der Waals surface area contributed by atoms with Crippen molar-refractivity contribution in [2.24, 2.45) is 0 Å². The van der Waals surface area contributed by atoms with Gasteiger partial charge < -0.3 is 15.1 Å². The SMILES string of the molecule is CCC(CC)N1C(=O)C(C(=O)NC(C)C)c2c(C)nc(N(CC)c3c(C)cc(C)cc3C)nc21.CCC(CC)N1C(=O)Cc2c(C)nc(N(CC)c3c(C)cc(C)cc3C)nc21. The number of aryl methyl sites for hydroxylation is 8. The zero-order valence-corrected chi connectivity index (χ0v) is 40.4. The Balaban J connectivity index is 0.000000238. The van der Waals surface area contributed by atoms with Gasteiger partial charge in [-0.25, -0.2) is 9.97 Å². The fraction of sp³-hybridized carbons (Fsp3) is 0.540. The Labute approximate surface area is 370 Å². The molecule has 0 fully saturated rings. The number of carbonyl (C=O) groups is 3. The van der Waals surface area contributed by atoms with Crippen LogP contribution in [-0.4, -0.2) is 68.9 Å². The first-order valence-electron chi connectivity index (χ1n) is 22.8. The topological polar surface area (TPSA) is 128 Å². The van der Waals surface area contributed by atoms with E-state index in [0.717, 1.165) is 71.8 Å². The summed E-state index contributed by atoms with van der Waals surface area (Å²) in [6.07, 6.45) is 3.83. The van der Waals surface area contributed by atoms with Crippen molar-refractivity contribution >= 4 is 52.6 Å². The van der Waals surface area contributed by atoms with Gasteiger partial charge in [-0.05, 0) is 131 Å². The van der Waals surface area contributed by atoms with Crippen molar-refractivity contribution in [3.63, 3.8) is 0 Å². The molecule has 2 aliphatic rings. The highest BCUT2D eigenvalue weighted by molar-refractivity contribution is 6.17. The summed E-state index contributed by atoms with van der Waals surface area (Å²) >= 11 is 0. The fourth-order valence-corrected chi connectivity index (χ4v) is 9.65. The summed E-state index contributed by atoms with van der Waals surface area (Å²) in [5, 5.41) is 2.92. The molecule has 0 saturated heterocycles. The van der Waals surface area contributed by atoms with Crippen LogP contribution < -0.4 is 24.9 Å². The van der Waals surface area contributed by atoms with Crippen LogP contribution in [0.2, 0.25) is 0 Å². The van der Waals surface area contributed by atoms with Gasteiger partial charge in [-0.2, -0.15) is 9.97 Å². The summed E-state index contributed by atoms with van der Waals surface area (Å²) < 4.78 is 0. The lowest BCUT2D eigenvalue weighted by molar-refractivity contribution is -0.130. The lowest BCUT2D eigenvalue weighted by atomic mass is 9.99. The van der Waals surface area contributed by atoms with Gasteiger partial charge in [0.1, 0.15) is 17.6 Å². The molecular weight excluding hydrogens is 775 g/mol. The van der Waals surface area contributed by atoms with E-state index >= 15 is 0 Å². The Morgan fingerprint density at radius 3 is 1.48 bits per heavy atom. The Morgan fingerprint density at radius 1 is 0.645 bits per heavy atom. The largest absolute Gasteiger partial charge is 0.353 e. The van der Waals surface area contributed by atoms with Crippen molar-refractivity contribution < 1.29 is 14.4 Å². The van der Waals surface area contributed by atoms with E-state index in [9.17, 15) is 14.4 Å². The molecule has 1 atom stereocenters. The number of benzene rings is 2. The summed E-state index contributed by atoms with van der Waals surface area (Å²) in [6.45, 7) is 34.4. The molecular formula is C50H71N9O3. The van der Waals surface area contributed by atoms with Crippen LogP contribution in [0.5, 0.6) is 0 Å². The van der Waals surface area contributed by atoms with E-state index in [0.29, 0.717) is 41.9 Å². The number of hydrogen-bond donors (Lipinski definition) is 1. The maximum atomic E-state index is 13.6. The van der Waals surface area contributed by atoms with Crippen LogP contribution in [0.4, 0.5) is 34.9 Å². The van der Waals surface area contributed by atoms with Crippen molar-refractivity contribution in [2.75, 3.05) is 32.7 Å². The lowest BCUT2D eigenvalue weighted by Gasteiger charge is -2.29. The number of nitrogens with zero attached hydrogens (tertiary/aromatic N) is 8. The number of aromatic nitrogens is 4. The van der Waals surface area contributed by atoms with Gasteiger partial charge in [-0.15, -0.1) is 0 Å². The maximum absolute atomic E-state index is 13.6. The molecule has 6 rings (SSSR count). The van der Waals surface area contributed by atoms with Crippen LogP contribution in [0.3, 0.4) is 0 Å². The summed E-state index contributed by atoms with van der Waals surface area (Å²) in [5.74, 6) is 1.36. The van der Waals surface area contributed by atoms with Gasteiger partial charge >= 0.3 is 0 Å². The first-order valence-corrected chi connectivity index (χ1v) is 22.8. The summed E-state index contributed by atoms with van der Waals surface area (Å²) in [4.78, 5) is 67.0. The molecule has 62 heavy (non-hydrogen) atoms. The third-order valence-corrected chi connectivity index (χ3v) is 12.3. The zero-order valence-electron chi connectivity index (χ0n) is 40.4. The molecule has 0 saturated carbocycles. The van der Waals surface area contributed by atoms with Crippen LogP contribution in [0, 0.1) is 55.4 Å². The van der Waals surface area contributed by atoms with Crippen LogP contribution >= 0.6 is 0 Å². The molecule has 1 N–H and O–H groups in total. The van der Waals surface area contributed by atoms with E-state index in [4.69, 9.17) is 19.9 Å². The van der Waals surface area contributed by atoms with Crippen LogP contribution in [0.15, 0.2) is 24.3 Å². The monoisotopic (exact) mass is 846 g/mol. The average Bonchev–Trinajstić information content (AvgIpc) is 3.69. The number of hydrogen-bond acceptors (Lipinski definition) is 9. The second-order valence-electron chi connectivity index (χ2n) is 17.4. The lowest BCUT2D eigenvalue weighted by Crippen LogP contribution is -2.43. The molecule has 2 aromatic heterocycles. The van der Waals surface area contributed by atoms with Gasteiger partial charge in [0.05, 0.1) is 6.42 Å². The molecule has 0 bridgehead atoms. The Bertz CT molecular complexity index is 2270. The van der Waals surface area contributed by atoms with Gasteiger partial charge in [-0.3, -0.25) is 24.2 Å². The number of amides is 3. The number of anilines is 6. The highest BCUT2D eigenvalue weighted by atomic mass is 16.2. The zero-order chi connectivity index (χ0) is 45.9. The standard InChI is InChI=1S/C27H39N5O2.C23H32N4O/c1-10-20(11-2)32-24-21(22(26(32)34)25(33)28-15(4)5)19(9)29-27(30-24)31(12-3)23-17(7)13-16(6)14-18(23)8;1-8-18(9-2)27-20(28)13-19-17(7)24-23(25-22(19)27)26(10-3)21-15(5)11-14(4)12-16(21)6/h13-15,20,22H,10-12H2,1-9H3,(H,28,33);11-12,18H,8-10,13H2,1-7H3. The molecule has 3 amide bonds. The van der Waals surface area contributed by atoms with Gasteiger partial charge in [0, 0.05) is 65.1 Å². The van der Waals surface area contributed by atoms with Crippen molar-refractivity contribution in [3.8, 4) is 0 Å². The smallest absolute Gasteiger partial charge is 0.245 e. The number of fused-ring (bicyclic) bond motifs is 2. The minimum atomic E-state index is -0.912. The van der Waals surface area contributed by atoms with Gasteiger partial charge in [0.15, 0.2) is 0 Å². The fourth-order valence-electron chi connectivity index (χ4n) is 9.65. The van der Waals surface area contributed by atoms with E-state index in [2.05, 4.69) is 122 Å². The Hall–Kier alpha value is -5.39. The summed E-state index contributed by atoms with van der Waals surface area (Å²) in [5.41, 5.74) is 12.6. The molecule has 0 radical (unpaired) electrons. The summed E-state index contributed by atoms with van der Waals surface area (Å²) in [7, 11) is 0. The molecule has 1 unspecified atom stereocenters. The third-order valence-electron chi connectivity index (χ3n) is 12.3. The normalized spacial score (nSPS) is 14.5. The Morgan fingerprint density at radius 2 is 1.06 bits per heavy atom. The van der Waals surface area contributed by atoms with Crippen LogP contribution in [0.25, 0.3) is 0 Å². The van der Waals surface area contributed by atoms with Crippen molar-refractivity contribution in [1.29, 1.82) is 0 Å². The number of nitrogens with one attached hydrogen (secondary N) is 1. The molecule has 2 aliphatic heterocycles. The molecule has 0 spiro atoms. The predicted octanol–water partition coefficient (Wildman–Crippen LogP) is 9.96. The van der Waals surface area contributed by atoms with E-state index in [1.54, 1.807) is 4.90 Å². The highest BCUT2D eigenvalue weighted by Gasteiger charge is 2.47. The molecule has 334 valence electrons. The number of rotatable bonds is 14. The molecule has 12 heteroatoms. The molecule has 12 nitrogen and oxygen atoms in total. The molecule has 0 aliphatic carbocycles. The van der Waals surface area contributed by atoms with E-state index in [-0.39, 0.29) is 35.8 Å². The molecule has 2 aromatic carbocycles. The maximum Gasteiger partial charge on any atom is 0.245 e. The minimum absolute atomic E-state index is 0.0248. The van der Waals surface area contributed by atoms with Gasteiger partial charge in [0.2, 0.25) is 29.6 Å². The minimum Gasteiger partial charge on any atom is -0.353 e. The van der Waals surface area contributed by atoms with Crippen molar-refractivity contribution in [1.82, 2.24) is 25.3 Å². The predicted molar refractivity (Wildman–Crippen MR) is 254 cm³/mol.